The van der Waals surface area contributed by atoms with E-state index >= 15 is 0 Å². The molecule has 1 aromatic heterocycles. The Morgan fingerprint density at radius 3 is 2.94 bits per heavy atom. The Hall–Kier alpha value is -2.75. The van der Waals surface area contributed by atoms with E-state index in [4.69, 9.17) is 14.5 Å². The van der Waals surface area contributed by atoms with Crippen molar-refractivity contribution in [3.8, 4) is 11.4 Å². The van der Waals surface area contributed by atoms with Gasteiger partial charge in [-0.25, -0.2) is 4.98 Å². The largest absolute Gasteiger partial charge is 0.370 e. The van der Waals surface area contributed by atoms with Gasteiger partial charge < -0.3 is 24.7 Å². The van der Waals surface area contributed by atoms with Crippen LogP contribution in [0, 0.1) is 6.92 Å². The summed E-state index contributed by atoms with van der Waals surface area (Å²) in [6.45, 7) is 3.56. The van der Waals surface area contributed by atoms with E-state index in [2.05, 4.69) is 26.2 Å². The van der Waals surface area contributed by atoms with Crippen molar-refractivity contribution < 1.29 is 19.1 Å². The Morgan fingerprint density at radius 1 is 1.28 bits per heavy atom. The van der Waals surface area contributed by atoms with Gasteiger partial charge in [-0.3, -0.25) is 9.59 Å². The lowest BCUT2D eigenvalue weighted by atomic mass is 10.0. The molecule has 2 amide bonds. The maximum Gasteiger partial charge on any atom is 0.253 e. The van der Waals surface area contributed by atoms with Crippen LogP contribution in [0.25, 0.3) is 22.4 Å². The molecule has 0 spiro atoms. The minimum atomic E-state index is -0.449. The van der Waals surface area contributed by atoms with E-state index in [0.29, 0.717) is 37.7 Å². The Bertz CT molecular complexity index is 1200. The van der Waals surface area contributed by atoms with Gasteiger partial charge in [-0.2, -0.15) is 0 Å². The zero-order valence-corrected chi connectivity index (χ0v) is 19.2. The number of aromatic nitrogens is 2. The van der Waals surface area contributed by atoms with Crippen molar-refractivity contribution in [1.82, 2.24) is 9.97 Å². The molecule has 5 rings (SSSR count). The first-order valence-electron chi connectivity index (χ1n) is 10.6. The molecule has 0 bridgehead atoms. The number of halogens is 1. The highest BCUT2D eigenvalue weighted by atomic mass is 79.9. The fourth-order valence-corrected chi connectivity index (χ4v) is 4.63. The van der Waals surface area contributed by atoms with Crippen LogP contribution in [-0.2, 0) is 19.1 Å². The maximum atomic E-state index is 12.8. The van der Waals surface area contributed by atoms with Gasteiger partial charge in [-0.1, -0.05) is 15.9 Å². The highest BCUT2D eigenvalue weighted by Gasteiger charge is 2.28. The number of rotatable bonds is 4. The van der Waals surface area contributed by atoms with Crippen LogP contribution in [0.5, 0.6) is 0 Å². The van der Waals surface area contributed by atoms with Crippen molar-refractivity contribution in [3.63, 3.8) is 0 Å². The summed E-state index contributed by atoms with van der Waals surface area (Å²) in [6.07, 6.45) is 1.13. The highest BCUT2D eigenvalue weighted by Crippen LogP contribution is 2.37. The summed E-state index contributed by atoms with van der Waals surface area (Å²) in [5.41, 5.74) is 4.70. The first kappa shape index (κ1) is 21.1. The second kappa shape index (κ2) is 8.65. The van der Waals surface area contributed by atoms with Crippen LogP contribution >= 0.6 is 15.9 Å². The van der Waals surface area contributed by atoms with Crippen LogP contribution in [-0.4, -0.2) is 54.3 Å². The van der Waals surface area contributed by atoms with Gasteiger partial charge in [0.15, 0.2) is 0 Å². The Kier molecular flexibility index (Phi) is 5.71. The van der Waals surface area contributed by atoms with Gasteiger partial charge in [0, 0.05) is 28.9 Å². The molecule has 2 aliphatic rings. The fraction of sp³-hybridized carbons (Fsp3) is 0.348. The third-order valence-corrected chi connectivity index (χ3v) is 6.37. The number of aromatic amines is 1. The minimum absolute atomic E-state index is 0.0605. The van der Waals surface area contributed by atoms with Crippen LogP contribution in [0.15, 0.2) is 34.8 Å². The van der Waals surface area contributed by atoms with Crippen LogP contribution in [0.2, 0.25) is 0 Å². The molecule has 8 nitrogen and oxygen atoms in total. The van der Waals surface area contributed by atoms with Crippen molar-refractivity contribution in [3.05, 3.63) is 40.4 Å². The standard InChI is InChI=1S/C23H23BrN4O4/c1-13-18(28-8-10-31-12-20(28)29)7-6-16(27-23(30)19-3-2-9-32-19)21(13)22-25-15-5-4-14(24)11-17(15)26-22/h4-7,11,19H,2-3,8-10,12H2,1H3,(H,25,26)(H,27,30). The van der Waals surface area contributed by atoms with Gasteiger partial charge in [-0.05, 0) is 55.7 Å². The Labute approximate surface area is 193 Å². The Balaban J connectivity index is 1.61. The molecule has 3 heterocycles. The van der Waals surface area contributed by atoms with Gasteiger partial charge in [0.2, 0.25) is 0 Å². The molecule has 32 heavy (non-hydrogen) atoms. The molecule has 1 unspecified atom stereocenters. The van der Waals surface area contributed by atoms with Crippen LogP contribution < -0.4 is 10.2 Å². The summed E-state index contributed by atoms with van der Waals surface area (Å²) < 4.78 is 11.8. The lowest BCUT2D eigenvalue weighted by molar-refractivity contribution is -0.126. The van der Waals surface area contributed by atoms with E-state index in [1.807, 2.05) is 37.3 Å². The van der Waals surface area contributed by atoms with E-state index < -0.39 is 6.10 Å². The molecule has 2 aliphatic heterocycles. The molecule has 3 aromatic rings. The second-order valence-corrected chi connectivity index (χ2v) is 8.88. The van der Waals surface area contributed by atoms with Gasteiger partial charge in [-0.15, -0.1) is 0 Å². The number of hydrogen-bond donors (Lipinski definition) is 2. The van der Waals surface area contributed by atoms with Crippen LogP contribution in [0.4, 0.5) is 11.4 Å². The molecule has 0 aliphatic carbocycles. The fourth-order valence-electron chi connectivity index (χ4n) is 4.27. The van der Waals surface area contributed by atoms with Crippen LogP contribution in [0.1, 0.15) is 18.4 Å². The predicted molar refractivity (Wildman–Crippen MR) is 125 cm³/mol. The predicted octanol–water partition coefficient (Wildman–Crippen LogP) is 3.78. The number of anilines is 2. The van der Waals surface area contributed by atoms with Crippen molar-refractivity contribution in [2.24, 2.45) is 0 Å². The number of carbonyl (C=O) groups excluding carboxylic acids is 2. The van der Waals surface area contributed by atoms with E-state index in [0.717, 1.165) is 38.7 Å². The molecule has 9 heteroatoms. The number of nitrogens with zero attached hydrogens (tertiary/aromatic N) is 2. The number of imidazole rings is 1. The second-order valence-electron chi connectivity index (χ2n) is 7.97. The quantitative estimate of drug-likeness (QED) is 0.570. The van der Waals surface area contributed by atoms with Gasteiger partial charge in [0.1, 0.15) is 18.5 Å². The van der Waals surface area contributed by atoms with Gasteiger partial charge in [0.05, 0.1) is 23.3 Å². The molecule has 2 saturated heterocycles. The minimum Gasteiger partial charge on any atom is -0.370 e. The topological polar surface area (TPSA) is 96.6 Å². The zero-order valence-electron chi connectivity index (χ0n) is 17.6. The van der Waals surface area contributed by atoms with Gasteiger partial charge in [0.25, 0.3) is 11.8 Å². The SMILES string of the molecule is Cc1c(N2CCOCC2=O)ccc(NC(=O)C2CCCO2)c1-c1nc2ccc(Br)cc2[nH]1. The number of carbonyl (C=O) groups is 2. The third kappa shape index (κ3) is 3.92. The van der Waals surface area contributed by atoms with Crippen molar-refractivity contribution in [2.45, 2.75) is 25.9 Å². The lowest BCUT2D eigenvalue weighted by Crippen LogP contribution is -2.42. The number of fused-ring (bicyclic) bond motifs is 1. The summed E-state index contributed by atoms with van der Waals surface area (Å²) in [6, 6.07) is 9.52. The number of hydrogen-bond acceptors (Lipinski definition) is 5. The lowest BCUT2D eigenvalue weighted by Gasteiger charge is -2.29. The molecule has 2 aromatic carbocycles. The first-order chi connectivity index (χ1) is 15.5. The number of nitrogens with one attached hydrogen (secondary N) is 2. The van der Waals surface area contributed by atoms with E-state index in [1.54, 1.807) is 4.90 Å². The highest BCUT2D eigenvalue weighted by molar-refractivity contribution is 9.10. The summed E-state index contributed by atoms with van der Waals surface area (Å²) >= 11 is 3.49. The first-order valence-corrected chi connectivity index (χ1v) is 11.4. The van der Waals surface area contributed by atoms with E-state index in [9.17, 15) is 9.59 Å². The smallest absolute Gasteiger partial charge is 0.253 e. The number of ether oxygens (including phenoxy) is 2. The summed E-state index contributed by atoms with van der Waals surface area (Å²) in [5.74, 6) is 0.369. The molecule has 1 atom stereocenters. The maximum absolute atomic E-state index is 12.8. The number of amides is 2. The Morgan fingerprint density at radius 2 is 2.16 bits per heavy atom. The van der Waals surface area contributed by atoms with Crippen molar-refractivity contribution >= 4 is 50.2 Å². The average Bonchev–Trinajstić information content (AvgIpc) is 3.44. The zero-order chi connectivity index (χ0) is 22.2. The molecule has 166 valence electrons. The van der Waals surface area contributed by atoms with E-state index in [1.165, 1.54) is 0 Å². The molecular formula is C23H23BrN4O4. The number of morpholine rings is 1. The monoisotopic (exact) mass is 498 g/mol. The molecule has 2 N–H and O–H groups in total. The third-order valence-electron chi connectivity index (χ3n) is 5.87. The number of benzene rings is 2. The molecule has 0 radical (unpaired) electrons. The average molecular weight is 499 g/mol. The summed E-state index contributed by atoms with van der Waals surface area (Å²) in [4.78, 5) is 35.2. The number of H-pyrrole nitrogens is 1. The normalized spacial score (nSPS) is 19.0. The molecule has 2 fully saturated rings. The van der Waals surface area contributed by atoms with Gasteiger partial charge >= 0.3 is 0 Å². The van der Waals surface area contributed by atoms with Crippen molar-refractivity contribution in [1.29, 1.82) is 0 Å². The summed E-state index contributed by atoms with van der Waals surface area (Å²) in [5, 5.41) is 3.03. The van der Waals surface area contributed by atoms with Crippen LogP contribution in [0.3, 0.4) is 0 Å². The molecule has 0 saturated carbocycles. The molecular weight excluding hydrogens is 476 g/mol. The van der Waals surface area contributed by atoms with E-state index in [-0.39, 0.29) is 18.4 Å². The van der Waals surface area contributed by atoms with Crippen molar-refractivity contribution in [2.75, 3.05) is 36.6 Å². The summed E-state index contributed by atoms with van der Waals surface area (Å²) in [7, 11) is 0.